The van der Waals surface area contributed by atoms with E-state index in [0.717, 1.165) is 0 Å². The second-order valence-corrected chi connectivity index (χ2v) is 2.94. The Bertz CT molecular complexity index is 354. The van der Waals surface area contributed by atoms with E-state index in [1.807, 2.05) is 0 Å². The molecule has 1 aromatic rings. The summed E-state index contributed by atoms with van der Waals surface area (Å²) in [5.41, 5.74) is -0.388. The van der Waals surface area contributed by atoms with Crippen molar-refractivity contribution in [3.05, 3.63) is 16.8 Å². The number of carboxylic acids is 1. The summed E-state index contributed by atoms with van der Waals surface area (Å²) >= 11 is 0. The van der Waals surface area contributed by atoms with E-state index in [1.54, 1.807) is 13.8 Å². The number of carbonyl (C=O) groups is 1. The van der Waals surface area contributed by atoms with Gasteiger partial charge in [0.2, 0.25) is 0 Å². The summed E-state index contributed by atoms with van der Waals surface area (Å²) in [4.78, 5) is 21.6. The molecule has 0 radical (unpaired) electrons. The molecule has 72 valence electrons. The molecule has 0 saturated heterocycles. The lowest BCUT2D eigenvalue weighted by atomic mass is 10.0. The number of hydrogen-bond donors (Lipinski definition) is 2. The lowest BCUT2D eigenvalue weighted by Gasteiger charge is -2.15. The van der Waals surface area contributed by atoms with Crippen molar-refractivity contribution < 1.29 is 9.90 Å². The third-order valence-corrected chi connectivity index (χ3v) is 2.13. The zero-order valence-corrected chi connectivity index (χ0v) is 7.39. The van der Waals surface area contributed by atoms with Gasteiger partial charge in [-0.1, -0.05) is 0 Å². The van der Waals surface area contributed by atoms with Gasteiger partial charge in [0.25, 0.3) is 0 Å². The predicted molar refractivity (Wildman–Crippen MR) is 44.4 cm³/mol. The van der Waals surface area contributed by atoms with E-state index in [9.17, 15) is 9.59 Å². The molecular formula is C7H11N3O3. The van der Waals surface area contributed by atoms with Crippen LogP contribution in [0.15, 0.2) is 11.1 Å². The first-order valence-electron chi connectivity index (χ1n) is 3.88. The van der Waals surface area contributed by atoms with Crippen molar-refractivity contribution in [3.63, 3.8) is 0 Å². The lowest BCUT2D eigenvalue weighted by Crippen LogP contribution is -2.28. The van der Waals surface area contributed by atoms with Gasteiger partial charge in [-0.2, -0.15) is 5.10 Å². The summed E-state index contributed by atoms with van der Waals surface area (Å²) in [5.74, 6) is -1.55. The summed E-state index contributed by atoms with van der Waals surface area (Å²) in [6.45, 7) is 3.21. The standard InChI is InChI=1S/C7H11N3O3/c1-4(6(11)12)5(2)10-3-8-9-7(10)13/h3-5H,1-2H3,(H,9,13)(H,11,12). The molecule has 0 aliphatic rings. The topological polar surface area (TPSA) is 88.0 Å². The van der Waals surface area contributed by atoms with Crippen molar-refractivity contribution in [2.45, 2.75) is 19.9 Å². The molecule has 0 spiro atoms. The SMILES string of the molecule is CC(C(=O)O)C(C)n1cn[nH]c1=O. The first-order chi connectivity index (χ1) is 6.04. The van der Waals surface area contributed by atoms with E-state index in [1.165, 1.54) is 10.9 Å². The molecule has 1 aromatic heterocycles. The third-order valence-electron chi connectivity index (χ3n) is 2.13. The van der Waals surface area contributed by atoms with Crippen LogP contribution in [-0.2, 0) is 4.79 Å². The van der Waals surface area contributed by atoms with E-state index in [0.29, 0.717) is 0 Å². The van der Waals surface area contributed by atoms with Gasteiger partial charge in [0.15, 0.2) is 0 Å². The molecule has 0 amide bonds. The summed E-state index contributed by atoms with van der Waals surface area (Å²) < 4.78 is 1.26. The van der Waals surface area contributed by atoms with Gasteiger partial charge in [-0.05, 0) is 13.8 Å². The maximum absolute atomic E-state index is 11.0. The number of nitrogens with zero attached hydrogens (tertiary/aromatic N) is 2. The van der Waals surface area contributed by atoms with Crippen LogP contribution in [0.4, 0.5) is 0 Å². The number of aliphatic carboxylic acids is 1. The van der Waals surface area contributed by atoms with Gasteiger partial charge in [-0.25, -0.2) is 9.89 Å². The molecule has 2 atom stereocenters. The van der Waals surface area contributed by atoms with Crippen LogP contribution in [0.1, 0.15) is 19.9 Å². The van der Waals surface area contributed by atoms with Crippen molar-refractivity contribution in [2.24, 2.45) is 5.92 Å². The minimum absolute atomic E-state index is 0.388. The fourth-order valence-electron chi connectivity index (χ4n) is 0.994. The number of H-pyrrole nitrogens is 1. The van der Waals surface area contributed by atoms with Gasteiger partial charge >= 0.3 is 11.7 Å². The molecule has 13 heavy (non-hydrogen) atoms. The average molecular weight is 185 g/mol. The largest absolute Gasteiger partial charge is 0.481 e. The molecule has 6 nitrogen and oxygen atoms in total. The van der Waals surface area contributed by atoms with Crippen molar-refractivity contribution >= 4 is 5.97 Å². The van der Waals surface area contributed by atoms with Crippen LogP contribution >= 0.6 is 0 Å². The van der Waals surface area contributed by atoms with Crippen LogP contribution in [0.3, 0.4) is 0 Å². The summed E-state index contributed by atoms with van der Waals surface area (Å²) in [7, 11) is 0. The van der Waals surface area contributed by atoms with Crippen LogP contribution in [0.25, 0.3) is 0 Å². The van der Waals surface area contributed by atoms with Crippen molar-refractivity contribution in [1.29, 1.82) is 0 Å². The Balaban J connectivity index is 2.91. The van der Waals surface area contributed by atoms with Crippen LogP contribution in [0.5, 0.6) is 0 Å². The molecule has 0 saturated carbocycles. The zero-order chi connectivity index (χ0) is 10.0. The predicted octanol–water partition coefficient (Wildman–Crippen LogP) is -0.147. The monoisotopic (exact) mass is 185 g/mol. The Morgan fingerprint density at radius 2 is 2.31 bits per heavy atom. The second-order valence-electron chi connectivity index (χ2n) is 2.94. The summed E-state index contributed by atoms with van der Waals surface area (Å²) in [5, 5.41) is 14.4. The molecule has 0 aliphatic carbocycles. The smallest absolute Gasteiger partial charge is 0.343 e. The van der Waals surface area contributed by atoms with Gasteiger partial charge in [0.05, 0.1) is 5.92 Å². The minimum Gasteiger partial charge on any atom is -0.481 e. The van der Waals surface area contributed by atoms with E-state index in [-0.39, 0.29) is 5.69 Å². The maximum Gasteiger partial charge on any atom is 0.343 e. The highest BCUT2D eigenvalue weighted by Crippen LogP contribution is 2.14. The normalized spacial score (nSPS) is 15.2. The Kier molecular flexibility index (Phi) is 2.50. The van der Waals surface area contributed by atoms with Gasteiger partial charge in [0.1, 0.15) is 6.33 Å². The maximum atomic E-state index is 11.0. The fourth-order valence-corrected chi connectivity index (χ4v) is 0.994. The van der Waals surface area contributed by atoms with Crippen LogP contribution < -0.4 is 5.69 Å². The van der Waals surface area contributed by atoms with E-state index < -0.39 is 17.9 Å². The molecule has 0 fully saturated rings. The van der Waals surface area contributed by atoms with Crippen LogP contribution in [0, 0.1) is 5.92 Å². The third kappa shape index (κ3) is 1.77. The summed E-state index contributed by atoms with van der Waals surface area (Å²) in [6.07, 6.45) is 1.30. The number of carboxylic acid groups (broad SMARTS) is 1. The zero-order valence-electron chi connectivity index (χ0n) is 7.39. The van der Waals surface area contributed by atoms with Crippen molar-refractivity contribution in [3.8, 4) is 0 Å². The van der Waals surface area contributed by atoms with E-state index in [4.69, 9.17) is 5.11 Å². The van der Waals surface area contributed by atoms with Gasteiger partial charge in [0, 0.05) is 6.04 Å². The number of hydrogen-bond acceptors (Lipinski definition) is 3. The lowest BCUT2D eigenvalue weighted by molar-refractivity contribution is -0.142. The van der Waals surface area contributed by atoms with Gasteiger partial charge < -0.3 is 5.11 Å². The molecule has 0 bridgehead atoms. The molecule has 6 heteroatoms. The first-order valence-corrected chi connectivity index (χ1v) is 3.88. The molecule has 1 heterocycles. The van der Waals surface area contributed by atoms with Gasteiger partial charge in [-0.3, -0.25) is 9.36 Å². The van der Waals surface area contributed by atoms with E-state index in [2.05, 4.69) is 10.2 Å². The number of nitrogens with one attached hydrogen (secondary N) is 1. The Hall–Kier alpha value is -1.59. The Morgan fingerprint density at radius 3 is 2.69 bits per heavy atom. The number of rotatable bonds is 3. The minimum atomic E-state index is -0.930. The molecule has 0 aliphatic heterocycles. The highest BCUT2D eigenvalue weighted by molar-refractivity contribution is 5.70. The molecular weight excluding hydrogens is 174 g/mol. The fraction of sp³-hybridized carbons (Fsp3) is 0.571. The highest BCUT2D eigenvalue weighted by Gasteiger charge is 2.21. The van der Waals surface area contributed by atoms with Crippen LogP contribution in [-0.4, -0.2) is 25.8 Å². The first kappa shape index (κ1) is 9.50. The van der Waals surface area contributed by atoms with E-state index >= 15 is 0 Å². The highest BCUT2D eigenvalue weighted by atomic mass is 16.4. The van der Waals surface area contributed by atoms with Crippen molar-refractivity contribution in [1.82, 2.24) is 14.8 Å². The Morgan fingerprint density at radius 1 is 1.69 bits per heavy atom. The number of aromatic nitrogens is 3. The molecule has 2 N–H and O–H groups in total. The van der Waals surface area contributed by atoms with Gasteiger partial charge in [-0.15, -0.1) is 0 Å². The number of aromatic amines is 1. The summed E-state index contributed by atoms with van der Waals surface area (Å²) in [6, 6.07) is -0.399. The average Bonchev–Trinajstić information content (AvgIpc) is 2.48. The van der Waals surface area contributed by atoms with Crippen molar-refractivity contribution in [2.75, 3.05) is 0 Å². The molecule has 0 aromatic carbocycles. The quantitative estimate of drug-likeness (QED) is 0.685. The molecule has 1 rings (SSSR count). The Labute approximate surface area is 74.2 Å². The van der Waals surface area contributed by atoms with Crippen LogP contribution in [0.2, 0.25) is 0 Å². The molecule has 2 unspecified atom stereocenters. The second kappa shape index (κ2) is 3.42.